The van der Waals surface area contributed by atoms with E-state index in [4.69, 9.17) is 0 Å². The molecular formula is C12H11N3OS. The summed E-state index contributed by atoms with van der Waals surface area (Å²) in [4.78, 5) is 17.9. The van der Waals surface area contributed by atoms with Gasteiger partial charge in [-0.05, 0) is 18.1 Å². The van der Waals surface area contributed by atoms with E-state index in [-0.39, 0.29) is 6.03 Å². The van der Waals surface area contributed by atoms with Crippen LogP contribution >= 0.6 is 11.3 Å². The Bertz CT molecular complexity index is 538. The molecule has 1 aliphatic rings. The first kappa shape index (κ1) is 10.3. The highest BCUT2D eigenvalue weighted by atomic mass is 32.1. The Balaban J connectivity index is 1.80. The highest BCUT2D eigenvalue weighted by Crippen LogP contribution is 2.28. The fourth-order valence-corrected chi connectivity index (χ4v) is 2.51. The zero-order valence-electron chi connectivity index (χ0n) is 9.09. The molecule has 3 rings (SSSR count). The molecule has 0 saturated carbocycles. The summed E-state index contributed by atoms with van der Waals surface area (Å²) in [6.45, 7) is 0.733. The van der Waals surface area contributed by atoms with E-state index in [1.807, 2.05) is 23.6 Å². The maximum absolute atomic E-state index is 12.1. The van der Waals surface area contributed by atoms with Crippen molar-refractivity contribution in [3.05, 3.63) is 41.4 Å². The van der Waals surface area contributed by atoms with Gasteiger partial charge in [0.25, 0.3) is 0 Å². The molecule has 0 atom stereocenters. The number of hydrogen-bond donors (Lipinski definition) is 1. The minimum Gasteiger partial charge on any atom is -0.294 e. The summed E-state index contributed by atoms with van der Waals surface area (Å²) in [5.41, 5.74) is 2.23. The summed E-state index contributed by atoms with van der Waals surface area (Å²) in [5.74, 6) is 0. The van der Waals surface area contributed by atoms with E-state index in [2.05, 4.69) is 16.4 Å². The van der Waals surface area contributed by atoms with Crippen LogP contribution in [0.1, 0.15) is 5.56 Å². The van der Waals surface area contributed by atoms with Gasteiger partial charge in [-0.25, -0.2) is 9.78 Å². The van der Waals surface area contributed by atoms with Gasteiger partial charge in [0.2, 0.25) is 0 Å². The van der Waals surface area contributed by atoms with E-state index in [1.54, 1.807) is 11.1 Å². The molecule has 2 aromatic rings. The average Bonchev–Trinajstić information content (AvgIpc) is 2.96. The molecule has 0 bridgehead atoms. The van der Waals surface area contributed by atoms with Crippen LogP contribution in [0.5, 0.6) is 0 Å². The maximum atomic E-state index is 12.1. The zero-order valence-corrected chi connectivity index (χ0v) is 9.91. The second kappa shape index (κ2) is 4.18. The summed E-state index contributed by atoms with van der Waals surface area (Å²) < 4.78 is 0. The second-order valence-electron chi connectivity index (χ2n) is 3.80. The van der Waals surface area contributed by atoms with E-state index in [0.717, 1.165) is 18.7 Å². The first-order valence-electron chi connectivity index (χ1n) is 5.40. The molecule has 1 N–H and O–H groups in total. The highest BCUT2D eigenvalue weighted by Gasteiger charge is 2.24. The van der Waals surface area contributed by atoms with Crippen molar-refractivity contribution in [3.8, 4) is 0 Å². The van der Waals surface area contributed by atoms with Gasteiger partial charge in [0, 0.05) is 23.8 Å². The maximum Gasteiger partial charge on any atom is 0.328 e. The van der Waals surface area contributed by atoms with Crippen LogP contribution in [0.4, 0.5) is 15.6 Å². The number of carbonyl (C=O) groups is 1. The van der Waals surface area contributed by atoms with Crippen LogP contribution in [0.3, 0.4) is 0 Å². The largest absolute Gasteiger partial charge is 0.328 e. The molecule has 1 aliphatic heterocycles. The molecule has 0 saturated heterocycles. The normalized spacial score (nSPS) is 13.5. The molecule has 0 radical (unpaired) electrons. The molecule has 2 amide bonds. The quantitative estimate of drug-likeness (QED) is 0.839. The third kappa shape index (κ3) is 1.89. The smallest absolute Gasteiger partial charge is 0.294 e. The SMILES string of the molecule is O=C(Nc1nccs1)N1CCc2ccccc21. The fourth-order valence-electron chi connectivity index (χ4n) is 1.99. The summed E-state index contributed by atoms with van der Waals surface area (Å²) in [5, 5.41) is 5.28. The Hall–Kier alpha value is -1.88. The van der Waals surface area contributed by atoms with Crippen molar-refractivity contribution < 1.29 is 4.79 Å². The predicted molar refractivity (Wildman–Crippen MR) is 68.6 cm³/mol. The van der Waals surface area contributed by atoms with Gasteiger partial charge < -0.3 is 0 Å². The van der Waals surface area contributed by atoms with Crippen molar-refractivity contribution in [3.63, 3.8) is 0 Å². The fraction of sp³-hybridized carbons (Fsp3) is 0.167. The summed E-state index contributed by atoms with van der Waals surface area (Å²) in [6, 6.07) is 7.88. The zero-order chi connectivity index (χ0) is 11.7. The van der Waals surface area contributed by atoms with Crippen molar-refractivity contribution in [2.24, 2.45) is 0 Å². The van der Waals surface area contributed by atoms with Gasteiger partial charge in [0.1, 0.15) is 0 Å². The molecule has 5 heteroatoms. The number of aromatic nitrogens is 1. The van der Waals surface area contributed by atoms with E-state index >= 15 is 0 Å². The van der Waals surface area contributed by atoms with Gasteiger partial charge in [0.05, 0.1) is 0 Å². The number of rotatable bonds is 1. The molecule has 86 valence electrons. The molecule has 0 unspecified atom stereocenters. The number of nitrogens with one attached hydrogen (secondary N) is 1. The molecule has 0 fully saturated rings. The van der Waals surface area contributed by atoms with Crippen molar-refractivity contribution >= 4 is 28.2 Å². The number of nitrogens with zero attached hydrogens (tertiary/aromatic N) is 2. The summed E-state index contributed by atoms with van der Waals surface area (Å²) in [6.07, 6.45) is 2.60. The van der Waals surface area contributed by atoms with Crippen LogP contribution in [0.15, 0.2) is 35.8 Å². The van der Waals surface area contributed by atoms with Crippen LogP contribution in [0.2, 0.25) is 0 Å². The predicted octanol–water partition coefficient (Wildman–Crippen LogP) is 2.74. The topological polar surface area (TPSA) is 45.2 Å². The second-order valence-corrected chi connectivity index (χ2v) is 4.69. The van der Waals surface area contributed by atoms with Crippen LogP contribution < -0.4 is 10.2 Å². The third-order valence-electron chi connectivity index (χ3n) is 2.78. The number of carbonyl (C=O) groups excluding carboxylic acids is 1. The number of thiazole rings is 1. The van der Waals surface area contributed by atoms with Gasteiger partial charge in [0.15, 0.2) is 5.13 Å². The highest BCUT2D eigenvalue weighted by molar-refractivity contribution is 7.13. The van der Waals surface area contributed by atoms with E-state index in [9.17, 15) is 4.79 Å². The molecule has 0 aliphatic carbocycles. The lowest BCUT2D eigenvalue weighted by Gasteiger charge is -2.16. The number of fused-ring (bicyclic) bond motifs is 1. The third-order valence-corrected chi connectivity index (χ3v) is 3.47. The van der Waals surface area contributed by atoms with Crippen molar-refractivity contribution in [1.29, 1.82) is 0 Å². The van der Waals surface area contributed by atoms with Gasteiger partial charge in [-0.1, -0.05) is 18.2 Å². The number of amides is 2. The number of urea groups is 1. The number of benzene rings is 1. The molecule has 2 heterocycles. The number of anilines is 2. The van der Waals surface area contributed by atoms with Crippen LogP contribution in [0.25, 0.3) is 0 Å². The summed E-state index contributed by atoms with van der Waals surface area (Å²) >= 11 is 1.42. The van der Waals surface area contributed by atoms with Gasteiger partial charge in [-0.15, -0.1) is 11.3 Å². The van der Waals surface area contributed by atoms with E-state index < -0.39 is 0 Å². The monoisotopic (exact) mass is 245 g/mol. The van der Waals surface area contributed by atoms with E-state index in [1.165, 1.54) is 16.9 Å². The number of hydrogen-bond acceptors (Lipinski definition) is 3. The lowest BCUT2D eigenvalue weighted by molar-refractivity contribution is 0.257. The summed E-state index contributed by atoms with van der Waals surface area (Å²) in [7, 11) is 0. The van der Waals surface area contributed by atoms with Crippen molar-refractivity contribution in [1.82, 2.24) is 4.98 Å². The van der Waals surface area contributed by atoms with Crippen molar-refractivity contribution in [2.75, 3.05) is 16.8 Å². The lowest BCUT2D eigenvalue weighted by Crippen LogP contribution is -2.33. The molecule has 1 aromatic carbocycles. The Morgan fingerprint density at radius 3 is 3.12 bits per heavy atom. The Kier molecular flexibility index (Phi) is 2.53. The van der Waals surface area contributed by atoms with Crippen LogP contribution in [0, 0.1) is 0 Å². The minimum absolute atomic E-state index is 0.107. The first-order valence-corrected chi connectivity index (χ1v) is 6.28. The van der Waals surface area contributed by atoms with Gasteiger partial charge in [-0.2, -0.15) is 0 Å². The Morgan fingerprint density at radius 2 is 2.29 bits per heavy atom. The molecule has 1 aromatic heterocycles. The van der Waals surface area contributed by atoms with Crippen LogP contribution in [-0.2, 0) is 6.42 Å². The molecule has 0 spiro atoms. The molecular weight excluding hydrogens is 234 g/mol. The molecule has 17 heavy (non-hydrogen) atoms. The average molecular weight is 245 g/mol. The Morgan fingerprint density at radius 1 is 1.41 bits per heavy atom. The van der Waals surface area contributed by atoms with Gasteiger partial charge in [-0.3, -0.25) is 10.2 Å². The Labute approximate surface area is 103 Å². The minimum atomic E-state index is -0.107. The standard InChI is InChI=1S/C12H11N3OS/c16-12(14-11-13-6-8-17-11)15-7-5-9-3-1-2-4-10(9)15/h1-4,6,8H,5,7H2,(H,13,14,16). The van der Waals surface area contributed by atoms with Crippen LogP contribution in [-0.4, -0.2) is 17.6 Å². The lowest BCUT2D eigenvalue weighted by atomic mass is 10.2. The molecule has 4 nitrogen and oxygen atoms in total. The first-order chi connectivity index (χ1) is 8.34. The number of para-hydroxylation sites is 1. The van der Waals surface area contributed by atoms with Gasteiger partial charge >= 0.3 is 6.03 Å². The van der Waals surface area contributed by atoms with Crippen molar-refractivity contribution in [2.45, 2.75) is 6.42 Å². The van der Waals surface area contributed by atoms with E-state index in [0.29, 0.717) is 5.13 Å².